The number of hydrogen-bond donors (Lipinski definition) is 0. The first-order valence-electron chi connectivity index (χ1n) is 7.59. The minimum Gasteiger partial charge on any atom is -0.471 e. The van der Waals surface area contributed by atoms with Gasteiger partial charge in [0.05, 0.1) is 24.7 Å². The molecule has 5 heteroatoms. The van der Waals surface area contributed by atoms with Gasteiger partial charge < -0.3 is 9.64 Å². The Morgan fingerprint density at radius 2 is 2.09 bits per heavy atom. The van der Waals surface area contributed by atoms with Gasteiger partial charge in [-0.15, -0.1) is 0 Å². The normalized spacial score (nSPS) is 14.0. The third kappa shape index (κ3) is 3.86. The molecule has 116 valence electrons. The summed E-state index contributed by atoms with van der Waals surface area (Å²) in [6, 6.07) is 15.3. The van der Waals surface area contributed by atoms with Gasteiger partial charge in [0.1, 0.15) is 6.10 Å². The van der Waals surface area contributed by atoms with Crippen molar-refractivity contribution in [3.8, 4) is 11.9 Å². The van der Waals surface area contributed by atoms with Gasteiger partial charge in [-0.1, -0.05) is 30.3 Å². The summed E-state index contributed by atoms with van der Waals surface area (Å²) < 4.78 is 5.68. The van der Waals surface area contributed by atoms with E-state index < -0.39 is 0 Å². The molecular formula is C18H17N3O2. The van der Waals surface area contributed by atoms with Crippen LogP contribution >= 0.6 is 0 Å². The number of nitriles is 1. The second-order valence-electron chi connectivity index (χ2n) is 5.52. The van der Waals surface area contributed by atoms with E-state index in [9.17, 15) is 4.79 Å². The van der Waals surface area contributed by atoms with E-state index >= 15 is 0 Å². The van der Waals surface area contributed by atoms with Gasteiger partial charge in [-0.25, -0.2) is 4.98 Å². The minimum absolute atomic E-state index is 0.0443. The summed E-state index contributed by atoms with van der Waals surface area (Å²) in [5.41, 5.74) is 1.69. The van der Waals surface area contributed by atoms with E-state index in [1.807, 2.05) is 30.3 Å². The SMILES string of the molecule is N#Cc1ccnc(OC2CN(C(=O)CCc3ccccc3)C2)c1. The second kappa shape index (κ2) is 6.93. The predicted octanol–water partition coefficient (Wildman–Crippen LogP) is 2.18. The summed E-state index contributed by atoms with van der Waals surface area (Å²) in [7, 11) is 0. The van der Waals surface area contributed by atoms with Crippen LogP contribution in [0, 0.1) is 11.3 Å². The van der Waals surface area contributed by atoms with E-state index in [1.165, 1.54) is 5.56 Å². The van der Waals surface area contributed by atoms with E-state index in [-0.39, 0.29) is 12.0 Å². The van der Waals surface area contributed by atoms with E-state index in [4.69, 9.17) is 10.00 Å². The molecule has 1 amide bonds. The first-order chi connectivity index (χ1) is 11.2. The number of aromatic nitrogens is 1. The molecule has 1 fully saturated rings. The molecular weight excluding hydrogens is 290 g/mol. The average molecular weight is 307 g/mol. The number of ether oxygens (including phenoxy) is 1. The fraction of sp³-hybridized carbons (Fsp3) is 0.278. The summed E-state index contributed by atoms with van der Waals surface area (Å²) in [6.07, 6.45) is 2.78. The van der Waals surface area contributed by atoms with Crippen LogP contribution in [0.5, 0.6) is 5.88 Å². The molecule has 0 spiro atoms. The van der Waals surface area contributed by atoms with Gasteiger partial charge in [-0.2, -0.15) is 5.26 Å². The lowest BCUT2D eigenvalue weighted by atomic mass is 10.1. The molecule has 0 N–H and O–H groups in total. The summed E-state index contributed by atoms with van der Waals surface area (Å²) >= 11 is 0. The van der Waals surface area contributed by atoms with Gasteiger partial charge in [-0.3, -0.25) is 4.79 Å². The lowest BCUT2D eigenvalue weighted by Crippen LogP contribution is -2.56. The molecule has 3 rings (SSSR count). The number of pyridine rings is 1. The Morgan fingerprint density at radius 1 is 1.30 bits per heavy atom. The summed E-state index contributed by atoms with van der Waals surface area (Å²) in [5, 5.41) is 8.85. The van der Waals surface area contributed by atoms with E-state index in [0.29, 0.717) is 31.0 Å². The Morgan fingerprint density at radius 3 is 2.83 bits per heavy atom. The molecule has 1 aromatic heterocycles. The van der Waals surface area contributed by atoms with Crippen LogP contribution in [0.15, 0.2) is 48.7 Å². The molecule has 2 heterocycles. The Kier molecular flexibility index (Phi) is 4.53. The minimum atomic E-state index is -0.0443. The average Bonchev–Trinajstić information content (AvgIpc) is 2.56. The number of nitrogens with zero attached hydrogens (tertiary/aromatic N) is 3. The smallest absolute Gasteiger partial charge is 0.223 e. The van der Waals surface area contributed by atoms with Crippen LogP contribution in [0.3, 0.4) is 0 Å². The maximum atomic E-state index is 12.1. The van der Waals surface area contributed by atoms with E-state index in [2.05, 4.69) is 11.1 Å². The van der Waals surface area contributed by atoms with Crippen molar-refractivity contribution < 1.29 is 9.53 Å². The van der Waals surface area contributed by atoms with Crippen molar-refractivity contribution >= 4 is 5.91 Å². The second-order valence-corrected chi connectivity index (χ2v) is 5.52. The number of aryl methyl sites for hydroxylation is 1. The van der Waals surface area contributed by atoms with Crippen LogP contribution in [-0.2, 0) is 11.2 Å². The van der Waals surface area contributed by atoms with Crippen molar-refractivity contribution in [2.45, 2.75) is 18.9 Å². The van der Waals surface area contributed by atoms with Gasteiger partial charge in [-0.05, 0) is 18.1 Å². The number of benzene rings is 1. The number of likely N-dealkylation sites (tertiary alicyclic amines) is 1. The molecule has 23 heavy (non-hydrogen) atoms. The Labute approximate surface area is 135 Å². The monoisotopic (exact) mass is 307 g/mol. The lowest BCUT2D eigenvalue weighted by Gasteiger charge is -2.38. The zero-order valence-corrected chi connectivity index (χ0v) is 12.7. The number of carbonyl (C=O) groups is 1. The topological polar surface area (TPSA) is 66.2 Å². The fourth-order valence-corrected chi connectivity index (χ4v) is 2.48. The van der Waals surface area contributed by atoms with Gasteiger partial charge in [0.2, 0.25) is 11.8 Å². The van der Waals surface area contributed by atoms with Crippen LogP contribution in [0.2, 0.25) is 0 Å². The fourth-order valence-electron chi connectivity index (χ4n) is 2.48. The van der Waals surface area contributed by atoms with Crippen LogP contribution in [0.1, 0.15) is 17.5 Å². The van der Waals surface area contributed by atoms with Gasteiger partial charge >= 0.3 is 0 Å². The van der Waals surface area contributed by atoms with E-state index in [0.717, 1.165) is 6.42 Å². The van der Waals surface area contributed by atoms with Crippen molar-refractivity contribution in [2.75, 3.05) is 13.1 Å². The highest BCUT2D eigenvalue weighted by molar-refractivity contribution is 5.77. The first-order valence-corrected chi connectivity index (χ1v) is 7.59. The van der Waals surface area contributed by atoms with Crippen LogP contribution in [-0.4, -0.2) is 35.0 Å². The third-order valence-corrected chi connectivity index (χ3v) is 3.82. The molecule has 1 aliphatic heterocycles. The number of amides is 1. The highest BCUT2D eigenvalue weighted by Gasteiger charge is 2.32. The van der Waals surface area contributed by atoms with Gasteiger partial charge in [0.15, 0.2) is 0 Å². The van der Waals surface area contributed by atoms with Crippen molar-refractivity contribution in [1.82, 2.24) is 9.88 Å². The Bertz CT molecular complexity index is 719. The maximum absolute atomic E-state index is 12.1. The van der Waals surface area contributed by atoms with Crippen LogP contribution in [0.4, 0.5) is 0 Å². The molecule has 0 aliphatic carbocycles. The third-order valence-electron chi connectivity index (χ3n) is 3.82. The largest absolute Gasteiger partial charge is 0.471 e. The molecule has 1 aromatic carbocycles. The number of rotatable bonds is 5. The first kappa shape index (κ1) is 15.0. The highest BCUT2D eigenvalue weighted by atomic mass is 16.5. The Hall–Kier alpha value is -2.87. The molecule has 1 saturated heterocycles. The molecule has 2 aromatic rings. The number of hydrogen-bond acceptors (Lipinski definition) is 4. The van der Waals surface area contributed by atoms with Crippen molar-refractivity contribution in [3.63, 3.8) is 0 Å². The molecule has 0 saturated carbocycles. The molecule has 1 aliphatic rings. The standard InChI is InChI=1S/C18H17N3O2/c19-11-15-8-9-20-17(10-15)23-16-12-21(13-16)18(22)7-6-14-4-2-1-3-5-14/h1-5,8-10,16H,6-7,12-13H2. The lowest BCUT2D eigenvalue weighted by molar-refractivity contribution is -0.140. The highest BCUT2D eigenvalue weighted by Crippen LogP contribution is 2.18. The number of carbonyl (C=O) groups excluding carboxylic acids is 1. The summed E-state index contributed by atoms with van der Waals surface area (Å²) in [5.74, 6) is 0.581. The van der Waals surface area contributed by atoms with Crippen molar-refractivity contribution in [3.05, 3.63) is 59.8 Å². The van der Waals surface area contributed by atoms with Crippen molar-refractivity contribution in [1.29, 1.82) is 5.26 Å². The van der Waals surface area contributed by atoms with E-state index in [1.54, 1.807) is 23.2 Å². The molecule has 0 bridgehead atoms. The zero-order chi connectivity index (χ0) is 16.1. The van der Waals surface area contributed by atoms with Crippen LogP contribution < -0.4 is 4.74 Å². The summed E-state index contributed by atoms with van der Waals surface area (Å²) in [4.78, 5) is 18.0. The zero-order valence-electron chi connectivity index (χ0n) is 12.7. The molecule has 5 nitrogen and oxygen atoms in total. The maximum Gasteiger partial charge on any atom is 0.223 e. The van der Waals surface area contributed by atoms with Gasteiger partial charge in [0, 0.05) is 18.7 Å². The van der Waals surface area contributed by atoms with Crippen molar-refractivity contribution in [2.24, 2.45) is 0 Å². The summed E-state index contributed by atoms with van der Waals surface area (Å²) in [6.45, 7) is 1.15. The molecule has 0 unspecified atom stereocenters. The Balaban J connectivity index is 1.43. The van der Waals surface area contributed by atoms with Crippen LogP contribution in [0.25, 0.3) is 0 Å². The quantitative estimate of drug-likeness (QED) is 0.849. The molecule has 0 radical (unpaired) electrons. The molecule has 0 atom stereocenters. The predicted molar refractivity (Wildman–Crippen MR) is 84.7 cm³/mol. The van der Waals surface area contributed by atoms with Gasteiger partial charge in [0.25, 0.3) is 0 Å².